The molecule has 0 aliphatic heterocycles. The van der Waals surface area contributed by atoms with Crippen molar-refractivity contribution in [1.29, 1.82) is 0 Å². The summed E-state index contributed by atoms with van der Waals surface area (Å²) in [5, 5.41) is 4.92. The van der Waals surface area contributed by atoms with E-state index in [9.17, 15) is 9.59 Å². The minimum atomic E-state index is -0.594. The molecule has 6 heteroatoms. The molecule has 1 aromatic rings. The number of hydrogen-bond donors (Lipinski definition) is 2. The van der Waals surface area contributed by atoms with Crippen LogP contribution in [0, 0.1) is 0 Å². The van der Waals surface area contributed by atoms with Crippen molar-refractivity contribution in [3.05, 3.63) is 36.9 Å². The summed E-state index contributed by atoms with van der Waals surface area (Å²) in [6.07, 6.45) is 0.351. The van der Waals surface area contributed by atoms with Crippen LogP contribution < -0.4 is 15.4 Å². The van der Waals surface area contributed by atoms with Crippen molar-refractivity contribution in [1.82, 2.24) is 5.32 Å². The number of benzene rings is 1. The number of carbonyl (C=O) groups is 2. The summed E-state index contributed by atoms with van der Waals surface area (Å²) in [6.45, 7) is 3.78. The molecule has 0 saturated carbocycles. The Morgan fingerprint density at radius 1 is 1.39 bits per heavy atom. The lowest BCUT2D eigenvalue weighted by Gasteiger charge is -2.07. The Balaban J connectivity index is 2.61. The van der Waals surface area contributed by atoms with Crippen LogP contribution >= 0.6 is 0 Å². The topological polar surface area (TPSA) is 76.7 Å². The Morgan fingerprint density at radius 2 is 2.17 bits per heavy atom. The van der Waals surface area contributed by atoms with Crippen LogP contribution in [0.2, 0.25) is 0 Å². The van der Waals surface area contributed by atoms with Crippen molar-refractivity contribution in [2.45, 2.75) is 0 Å². The average molecular weight is 250 g/mol. The van der Waals surface area contributed by atoms with Gasteiger partial charge in [0.15, 0.2) is 0 Å². The first-order chi connectivity index (χ1) is 8.65. The number of rotatable bonds is 4. The molecule has 18 heavy (non-hydrogen) atoms. The van der Waals surface area contributed by atoms with Gasteiger partial charge >= 0.3 is 12.2 Å². The highest BCUT2D eigenvalue weighted by atomic mass is 16.6. The summed E-state index contributed by atoms with van der Waals surface area (Å²) in [5.74, 6) is 0.311. The second-order valence-corrected chi connectivity index (χ2v) is 3.20. The van der Waals surface area contributed by atoms with Gasteiger partial charge in [0.2, 0.25) is 0 Å². The Labute approximate surface area is 105 Å². The quantitative estimate of drug-likeness (QED) is 0.802. The number of amides is 2. The van der Waals surface area contributed by atoms with Gasteiger partial charge in [-0.15, -0.1) is 6.58 Å². The zero-order valence-corrected chi connectivity index (χ0v) is 9.93. The van der Waals surface area contributed by atoms with Crippen LogP contribution in [0.3, 0.4) is 0 Å². The molecule has 0 bridgehead atoms. The highest BCUT2D eigenvalue weighted by Gasteiger charge is 2.05. The second-order valence-electron chi connectivity index (χ2n) is 3.20. The fourth-order valence-electron chi connectivity index (χ4n) is 1.10. The van der Waals surface area contributed by atoms with Gasteiger partial charge in [0.05, 0.1) is 7.11 Å². The van der Waals surface area contributed by atoms with Gasteiger partial charge in [-0.2, -0.15) is 0 Å². The number of nitrogens with one attached hydrogen (secondary N) is 2. The van der Waals surface area contributed by atoms with Crippen LogP contribution in [-0.2, 0) is 4.74 Å². The standard InChI is InChI=1S/C12H14N2O4/c1-3-7-13-11(15)18-10-6-4-5-9(8-10)14-12(16)17-2/h3-6,8H,1,7H2,2H3,(H,13,15)(H,14,16). The third kappa shape index (κ3) is 4.56. The largest absolute Gasteiger partial charge is 0.453 e. The Hall–Kier alpha value is -2.50. The van der Waals surface area contributed by atoms with Crippen molar-refractivity contribution in [3.8, 4) is 5.75 Å². The smallest absolute Gasteiger partial charge is 0.412 e. The molecule has 2 amide bonds. The maximum absolute atomic E-state index is 11.3. The molecule has 0 fully saturated rings. The summed E-state index contributed by atoms with van der Waals surface area (Å²) >= 11 is 0. The van der Waals surface area contributed by atoms with Crippen LogP contribution in [0.1, 0.15) is 0 Å². The van der Waals surface area contributed by atoms with Gasteiger partial charge in [0.1, 0.15) is 5.75 Å². The molecule has 0 spiro atoms. The number of hydrogen-bond acceptors (Lipinski definition) is 4. The van der Waals surface area contributed by atoms with E-state index < -0.39 is 12.2 Å². The second kappa shape index (κ2) is 6.95. The van der Waals surface area contributed by atoms with Crippen molar-refractivity contribution >= 4 is 17.9 Å². The van der Waals surface area contributed by atoms with Crippen molar-refractivity contribution < 1.29 is 19.1 Å². The van der Waals surface area contributed by atoms with Crippen LogP contribution in [0.5, 0.6) is 5.75 Å². The first-order valence-corrected chi connectivity index (χ1v) is 5.17. The van der Waals surface area contributed by atoms with Crippen molar-refractivity contribution in [3.63, 3.8) is 0 Å². The predicted molar refractivity (Wildman–Crippen MR) is 66.7 cm³/mol. The van der Waals surface area contributed by atoms with E-state index in [0.29, 0.717) is 18.0 Å². The molecule has 0 aliphatic rings. The SMILES string of the molecule is C=CCNC(=O)Oc1cccc(NC(=O)OC)c1. The zero-order valence-electron chi connectivity index (χ0n) is 9.93. The van der Waals surface area contributed by atoms with E-state index in [1.165, 1.54) is 19.3 Å². The number of ether oxygens (including phenoxy) is 2. The predicted octanol–water partition coefficient (Wildman–Crippen LogP) is 2.14. The third-order valence-corrected chi connectivity index (χ3v) is 1.87. The van der Waals surface area contributed by atoms with Gasteiger partial charge in [-0.3, -0.25) is 5.32 Å². The van der Waals surface area contributed by atoms with Gasteiger partial charge in [0, 0.05) is 18.3 Å². The van der Waals surface area contributed by atoms with E-state index in [0.717, 1.165) is 0 Å². The molecular formula is C12H14N2O4. The van der Waals surface area contributed by atoms with Gasteiger partial charge < -0.3 is 14.8 Å². The van der Waals surface area contributed by atoms with Gasteiger partial charge in [-0.25, -0.2) is 9.59 Å². The fourth-order valence-corrected chi connectivity index (χ4v) is 1.10. The van der Waals surface area contributed by atoms with Crippen LogP contribution in [0.25, 0.3) is 0 Å². The molecule has 0 radical (unpaired) electrons. The van der Waals surface area contributed by atoms with Gasteiger partial charge in [0.25, 0.3) is 0 Å². The summed E-state index contributed by atoms with van der Waals surface area (Å²) in [6, 6.07) is 6.38. The lowest BCUT2D eigenvalue weighted by Crippen LogP contribution is -2.26. The maximum Gasteiger partial charge on any atom is 0.412 e. The molecular weight excluding hydrogens is 236 g/mol. The Morgan fingerprint density at radius 3 is 2.83 bits per heavy atom. The van der Waals surface area contributed by atoms with E-state index in [1.54, 1.807) is 18.2 Å². The fraction of sp³-hybridized carbons (Fsp3) is 0.167. The van der Waals surface area contributed by atoms with E-state index >= 15 is 0 Å². The molecule has 0 atom stereocenters. The molecule has 1 aromatic carbocycles. The average Bonchev–Trinajstić information content (AvgIpc) is 2.36. The molecule has 6 nitrogen and oxygen atoms in total. The maximum atomic E-state index is 11.3. The van der Waals surface area contributed by atoms with Crippen LogP contribution in [0.15, 0.2) is 36.9 Å². The van der Waals surface area contributed by atoms with Crippen LogP contribution in [0.4, 0.5) is 15.3 Å². The summed E-state index contributed by atoms with van der Waals surface area (Å²) in [5.41, 5.74) is 0.468. The summed E-state index contributed by atoms with van der Waals surface area (Å²) in [7, 11) is 1.26. The van der Waals surface area contributed by atoms with Gasteiger partial charge in [-0.1, -0.05) is 12.1 Å². The normalized spacial score (nSPS) is 9.17. The van der Waals surface area contributed by atoms with E-state index in [1.807, 2.05) is 0 Å². The van der Waals surface area contributed by atoms with E-state index in [-0.39, 0.29) is 0 Å². The highest BCUT2D eigenvalue weighted by Crippen LogP contribution is 2.17. The van der Waals surface area contributed by atoms with Crippen molar-refractivity contribution in [2.24, 2.45) is 0 Å². The molecule has 1 rings (SSSR count). The first kappa shape index (κ1) is 13.6. The minimum Gasteiger partial charge on any atom is -0.453 e. The number of methoxy groups -OCH3 is 1. The van der Waals surface area contributed by atoms with E-state index in [4.69, 9.17) is 4.74 Å². The first-order valence-electron chi connectivity index (χ1n) is 5.17. The van der Waals surface area contributed by atoms with E-state index in [2.05, 4.69) is 21.9 Å². The molecule has 2 N–H and O–H groups in total. The van der Waals surface area contributed by atoms with Crippen LogP contribution in [-0.4, -0.2) is 25.8 Å². The summed E-state index contributed by atoms with van der Waals surface area (Å²) in [4.78, 5) is 22.3. The molecule has 0 heterocycles. The minimum absolute atomic E-state index is 0.311. The monoisotopic (exact) mass is 250 g/mol. The Bertz CT molecular complexity index is 445. The number of carbonyl (C=O) groups excluding carboxylic acids is 2. The molecule has 96 valence electrons. The third-order valence-electron chi connectivity index (χ3n) is 1.87. The Kier molecular flexibility index (Phi) is 5.24. The lowest BCUT2D eigenvalue weighted by molar-refractivity contribution is 0.187. The highest BCUT2D eigenvalue weighted by molar-refractivity contribution is 5.84. The van der Waals surface area contributed by atoms with Crippen molar-refractivity contribution in [2.75, 3.05) is 19.0 Å². The number of anilines is 1. The van der Waals surface area contributed by atoms with Gasteiger partial charge in [-0.05, 0) is 12.1 Å². The molecule has 0 aliphatic carbocycles. The summed E-state index contributed by atoms with van der Waals surface area (Å²) < 4.78 is 9.43. The molecule has 0 saturated heterocycles. The lowest BCUT2D eigenvalue weighted by atomic mass is 10.3. The zero-order chi connectivity index (χ0) is 13.4. The molecule has 0 aromatic heterocycles. The molecule has 0 unspecified atom stereocenters.